The monoisotopic (exact) mass is 492 g/mol. The van der Waals surface area contributed by atoms with Gasteiger partial charge >= 0.3 is 0 Å². The minimum atomic E-state index is -0.650. The second-order valence-corrected chi connectivity index (χ2v) is 10.2. The summed E-state index contributed by atoms with van der Waals surface area (Å²) < 4.78 is 13.8. The molecule has 0 spiro atoms. The molecule has 2 aliphatic rings. The van der Waals surface area contributed by atoms with Crippen molar-refractivity contribution in [3.63, 3.8) is 0 Å². The number of rotatable bonds is 5. The molecule has 2 aliphatic heterocycles. The van der Waals surface area contributed by atoms with E-state index in [1.54, 1.807) is 35.4 Å². The molecular weight excluding hydrogens is 471 g/mol. The van der Waals surface area contributed by atoms with E-state index in [1.165, 1.54) is 17.8 Å². The molecule has 34 heavy (non-hydrogen) atoms. The topological polar surface area (TPSA) is 74.1 Å². The van der Waals surface area contributed by atoms with E-state index >= 15 is 0 Å². The molecule has 0 saturated carbocycles. The minimum absolute atomic E-state index is 0.0582. The molecule has 0 aliphatic carbocycles. The van der Waals surface area contributed by atoms with Gasteiger partial charge in [0, 0.05) is 18.5 Å². The molecule has 0 bridgehead atoms. The molecule has 2 amide bonds. The normalized spacial score (nSPS) is 19.8. The van der Waals surface area contributed by atoms with Crippen LogP contribution in [0.2, 0.25) is 0 Å². The van der Waals surface area contributed by atoms with Crippen LogP contribution in [0.5, 0.6) is 0 Å². The Hall–Kier alpha value is -3.30. The van der Waals surface area contributed by atoms with Crippen LogP contribution in [-0.4, -0.2) is 33.0 Å². The molecule has 0 radical (unpaired) electrons. The number of hydrogen-bond donors (Lipinski definition) is 1. The number of carbonyl (C=O) groups is 2. The summed E-state index contributed by atoms with van der Waals surface area (Å²) in [6, 6.07) is 18.4. The SMILES string of the molecule is Cc1ccc(NC(=O)C[C@@H]2SC(N3N=C(c4cccs4)C[C@@H]3c3ccccc3)=NC2=O)cc1F. The third-order valence-corrected chi connectivity index (χ3v) is 7.71. The van der Waals surface area contributed by atoms with Crippen molar-refractivity contribution in [2.75, 3.05) is 5.32 Å². The molecule has 3 heterocycles. The molecule has 172 valence electrons. The number of amidine groups is 1. The van der Waals surface area contributed by atoms with E-state index in [2.05, 4.69) is 10.3 Å². The van der Waals surface area contributed by atoms with Gasteiger partial charge in [0.1, 0.15) is 11.1 Å². The lowest BCUT2D eigenvalue weighted by atomic mass is 10.0. The largest absolute Gasteiger partial charge is 0.326 e. The van der Waals surface area contributed by atoms with Crippen LogP contribution in [0.1, 0.15) is 34.9 Å². The maximum atomic E-state index is 13.8. The van der Waals surface area contributed by atoms with Crippen LogP contribution in [0.3, 0.4) is 0 Å². The minimum Gasteiger partial charge on any atom is -0.326 e. The molecular formula is C25H21FN4O2S2. The van der Waals surface area contributed by atoms with Crippen molar-refractivity contribution in [2.24, 2.45) is 10.1 Å². The second kappa shape index (κ2) is 9.52. The summed E-state index contributed by atoms with van der Waals surface area (Å²) in [5, 5.41) is 11.1. The maximum Gasteiger partial charge on any atom is 0.262 e. The predicted molar refractivity (Wildman–Crippen MR) is 135 cm³/mol. The summed E-state index contributed by atoms with van der Waals surface area (Å²) in [5.41, 5.74) is 2.88. The van der Waals surface area contributed by atoms with Gasteiger partial charge in [-0.05, 0) is 41.6 Å². The van der Waals surface area contributed by atoms with E-state index in [1.807, 2.05) is 47.8 Å². The number of benzene rings is 2. The molecule has 0 fully saturated rings. The first kappa shape index (κ1) is 22.5. The smallest absolute Gasteiger partial charge is 0.262 e. The van der Waals surface area contributed by atoms with Gasteiger partial charge in [-0.3, -0.25) is 9.59 Å². The van der Waals surface area contributed by atoms with Crippen molar-refractivity contribution in [3.8, 4) is 0 Å². The number of hydrogen-bond acceptors (Lipinski definition) is 6. The number of halogens is 1. The van der Waals surface area contributed by atoms with E-state index in [-0.39, 0.29) is 24.3 Å². The van der Waals surface area contributed by atoms with Crippen LogP contribution in [0.15, 0.2) is 76.1 Å². The van der Waals surface area contributed by atoms with Crippen molar-refractivity contribution in [1.82, 2.24) is 5.01 Å². The molecule has 5 rings (SSSR count). The fourth-order valence-electron chi connectivity index (χ4n) is 3.87. The van der Waals surface area contributed by atoms with Gasteiger partial charge in [-0.2, -0.15) is 10.1 Å². The molecule has 2 atom stereocenters. The molecule has 2 aromatic carbocycles. The molecule has 6 nitrogen and oxygen atoms in total. The van der Waals surface area contributed by atoms with Crippen LogP contribution < -0.4 is 5.32 Å². The van der Waals surface area contributed by atoms with Gasteiger partial charge < -0.3 is 5.32 Å². The highest BCUT2D eigenvalue weighted by atomic mass is 32.2. The van der Waals surface area contributed by atoms with Gasteiger partial charge in [0.15, 0.2) is 5.17 Å². The summed E-state index contributed by atoms with van der Waals surface area (Å²) in [6.45, 7) is 1.65. The number of hydrazone groups is 1. The van der Waals surface area contributed by atoms with Crippen LogP contribution >= 0.6 is 23.1 Å². The lowest BCUT2D eigenvalue weighted by molar-refractivity contribution is -0.121. The summed E-state index contributed by atoms with van der Waals surface area (Å²) in [4.78, 5) is 30.5. The van der Waals surface area contributed by atoms with Crippen molar-refractivity contribution < 1.29 is 14.0 Å². The van der Waals surface area contributed by atoms with Gasteiger partial charge in [0.05, 0.1) is 16.6 Å². The zero-order chi connectivity index (χ0) is 23.7. The summed E-state index contributed by atoms with van der Waals surface area (Å²) in [5.74, 6) is -1.12. The highest BCUT2D eigenvalue weighted by Crippen LogP contribution is 2.39. The van der Waals surface area contributed by atoms with E-state index in [0.29, 0.717) is 22.8 Å². The van der Waals surface area contributed by atoms with Crippen LogP contribution in [-0.2, 0) is 9.59 Å². The molecule has 0 saturated heterocycles. The molecule has 3 aromatic rings. The summed E-state index contributed by atoms with van der Waals surface area (Å²) >= 11 is 2.87. The predicted octanol–water partition coefficient (Wildman–Crippen LogP) is 5.37. The van der Waals surface area contributed by atoms with E-state index in [9.17, 15) is 14.0 Å². The fourth-order valence-corrected chi connectivity index (χ4v) is 5.65. The maximum absolute atomic E-state index is 13.8. The highest BCUT2D eigenvalue weighted by molar-refractivity contribution is 8.15. The number of anilines is 1. The van der Waals surface area contributed by atoms with E-state index in [4.69, 9.17) is 5.10 Å². The Bertz CT molecular complexity index is 1290. The van der Waals surface area contributed by atoms with E-state index < -0.39 is 11.1 Å². The van der Waals surface area contributed by atoms with Gasteiger partial charge in [-0.1, -0.05) is 54.2 Å². The Morgan fingerprint density at radius 2 is 2.00 bits per heavy atom. The van der Waals surface area contributed by atoms with Crippen molar-refractivity contribution in [3.05, 3.63) is 87.9 Å². The summed E-state index contributed by atoms with van der Waals surface area (Å²) in [6.07, 6.45) is 0.639. The molecule has 1 aromatic heterocycles. The fraction of sp³-hybridized carbons (Fsp3) is 0.200. The van der Waals surface area contributed by atoms with E-state index in [0.717, 1.165) is 16.2 Å². The molecule has 1 N–H and O–H groups in total. The lowest BCUT2D eigenvalue weighted by Gasteiger charge is -2.23. The van der Waals surface area contributed by atoms with Crippen molar-refractivity contribution >= 4 is 51.5 Å². The standard InChI is InChI=1S/C25H21FN4O2S2/c1-15-9-10-17(12-18(15)26)27-23(31)14-22-24(32)28-25(34-22)30-20(16-6-3-2-4-7-16)13-19(29-30)21-8-5-11-33-21/h2-12,20,22H,13-14H2,1H3,(H,27,31)/t20-,22+/m1/s1. The Morgan fingerprint density at radius 3 is 2.74 bits per heavy atom. The van der Waals surface area contributed by atoms with Crippen LogP contribution in [0.25, 0.3) is 0 Å². The molecule has 9 heteroatoms. The number of aryl methyl sites for hydroxylation is 1. The Morgan fingerprint density at radius 1 is 1.18 bits per heavy atom. The highest BCUT2D eigenvalue weighted by Gasteiger charge is 2.39. The first-order valence-corrected chi connectivity index (χ1v) is 12.5. The van der Waals surface area contributed by atoms with Gasteiger partial charge in [-0.15, -0.1) is 11.3 Å². The second-order valence-electron chi connectivity index (χ2n) is 8.05. The van der Waals surface area contributed by atoms with Crippen LogP contribution in [0.4, 0.5) is 10.1 Å². The zero-order valence-corrected chi connectivity index (χ0v) is 19.9. The van der Waals surface area contributed by atoms with Crippen LogP contribution in [0, 0.1) is 12.7 Å². The average molecular weight is 493 g/mol. The number of thiophene rings is 1. The Balaban J connectivity index is 1.31. The number of aliphatic imine (C=N–C) groups is 1. The first-order chi connectivity index (χ1) is 16.5. The number of amides is 2. The number of carbonyl (C=O) groups excluding carboxylic acids is 2. The van der Waals surface area contributed by atoms with Gasteiger partial charge in [0.2, 0.25) is 5.91 Å². The van der Waals surface area contributed by atoms with Crippen molar-refractivity contribution in [2.45, 2.75) is 31.1 Å². The lowest BCUT2D eigenvalue weighted by Crippen LogP contribution is -2.25. The number of nitrogens with one attached hydrogen (secondary N) is 1. The summed E-state index contributed by atoms with van der Waals surface area (Å²) in [7, 11) is 0. The molecule has 0 unspecified atom stereocenters. The quantitative estimate of drug-likeness (QED) is 0.519. The van der Waals surface area contributed by atoms with Gasteiger partial charge in [0.25, 0.3) is 5.91 Å². The van der Waals surface area contributed by atoms with Crippen molar-refractivity contribution in [1.29, 1.82) is 0 Å². The average Bonchev–Trinajstić information content (AvgIpc) is 3.57. The Kier molecular flexibility index (Phi) is 6.30. The number of thioether (sulfide) groups is 1. The Labute approximate surface area is 204 Å². The zero-order valence-electron chi connectivity index (χ0n) is 18.3. The first-order valence-electron chi connectivity index (χ1n) is 10.8. The van der Waals surface area contributed by atoms with Gasteiger partial charge in [-0.25, -0.2) is 9.40 Å². The number of nitrogens with zero attached hydrogens (tertiary/aromatic N) is 3. The third-order valence-electron chi connectivity index (χ3n) is 5.65. The third kappa shape index (κ3) is 4.67.